The molecule has 5 rings (SSSR count). The molecule has 7 nitrogen and oxygen atoms in total. The van der Waals surface area contributed by atoms with E-state index in [1.54, 1.807) is 42.8 Å². The van der Waals surface area contributed by atoms with Crippen molar-refractivity contribution in [3.63, 3.8) is 0 Å². The molecule has 0 bridgehead atoms. The second-order valence-corrected chi connectivity index (χ2v) is 7.77. The number of oxazole rings is 1. The van der Waals surface area contributed by atoms with Gasteiger partial charge in [-0.2, -0.15) is 0 Å². The number of amides is 1. The number of hydrogen-bond donors (Lipinski definition) is 1. The Hall–Kier alpha value is -4.23. The summed E-state index contributed by atoms with van der Waals surface area (Å²) < 4.78 is 5.24. The molecule has 0 radical (unpaired) electrons. The second kappa shape index (κ2) is 8.72. The topological polar surface area (TPSA) is 87.8 Å². The Bertz CT molecular complexity index is 1340. The maximum absolute atomic E-state index is 12.7. The van der Waals surface area contributed by atoms with E-state index in [-0.39, 0.29) is 5.56 Å². The molecule has 33 heavy (non-hydrogen) atoms. The van der Waals surface area contributed by atoms with Crippen LogP contribution in [0.3, 0.4) is 0 Å². The summed E-state index contributed by atoms with van der Waals surface area (Å²) >= 11 is 5.98. The summed E-state index contributed by atoms with van der Waals surface area (Å²) in [5, 5.41) is 3.38. The van der Waals surface area contributed by atoms with Crippen molar-refractivity contribution in [3.05, 3.63) is 107 Å². The van der Waals surface area contributed by atoms with Crippen molar-refractivity contribution in [1.82, 2.24) is 15.2 Å². The Balaban J connectivity index is 1.28. The summed E-state index contributed by atoms with van der Waals surface area (Å²) in [6.07, 6.45) is 10.1. The maximum atomic E-state index is 12.7. The van der Waals surface area contributed by atoms with Gasteiger partial charge in [0.2, 0.25) is 0 Å². The lowest BCUT2D eigenvalue weighted by Gasteiger charge is -2.31. The zero-order valence-corrected chi connectivity index (χ0v) is 18.0. The molecule has 0 atom stereocenters. The fourth-order valence-electron chi connectivity index (χ4n) is 3.56. The molecule has 1 aromatic heterocycles. The van der Waals surface area contributed by atoms with Crippen LogP contribution in [0.25, 0.3) is 16.9 Å². The quantitative estimate of drug-likeness (QED) is 0.452. The fraction of sp³-hybridized carbons (Fsp3) is 0.0400. The number of ketones is 1. The van der Waals surface area contributed by atoms with Crippen molar-refractivity contribution in [2.45, 2.75) is 0 Å². The molecule has 0 aliphatic carbocycles. The van der Waals surface area contributed by atoms with Gasteiger partial charge in [0.25, 0.3) is 11.7 Å². The highest BCUT2D eigenvalue weighted by molar-refractivity contribution is 6.43. The number of carbonyl (C=O) groups excluding carboxylic acids is 2. The van der Waals surface area contributed by atoms with Crippen LogP contribution < -0.4 is 5.32 Å². The molecule has 1 amide bonds. The highest BCUT2D eigenvalue weighted by Gasteiger charge is 2.24. The van der Waals surface area contributed by atoms with Gasteiger partial charge < -0.3 is 14.6 Å². The van der Waals surface area contributed by atoms with Crippen LogP contribution in [0, 0.1) is 0 Å². The van der Waals surface area contributed by atoms with E-state index in [0.717, 1.165) is 16.7 Å². The molecule has 2 aromatic carbocycles. The molecule has 8 heteroatoms. The number of allylic oxidation sites excluding steroid dienone is 3. The Kier molecular flexibility index (Phi) is 5.46. The number of halogens is 1. The smallest absolute Gasteiger partial charge is 0.297 e. The highest BCUT2D eigenvalue weighted by Crippen LogP contribution is 2.28. The first-order valence-electron chi connectivity index (χ1n) is 10.1. The Morgan fingerprint density at radius 1 is 1.03 bits per heavy atom. The van der Waals surface area contributed by atoms with E-state index >= 15 is 0 Å². The lowest BCUT2D eigenvalue weighted by atomic mass is 10.0. The van der Waals surface area contributed by atoms with Crippen LogP contribution >= 0.6 is 11.6 Å². The van der Waals surface area contributed by atoms with Gasteiger partial charge in [0.05, 0.1) is 6.20 Å². The van der Waals surface area contributed by atoms with E-state index in [2.05, 4.69) is 15.3 Å². The summed E-state index contributed by atoms with van der Waals surface area (Å²) in [4.78, 5) is 35.5. The third kappa shape index (κ3) is 4.26. The van der Waals surface area contributed by atoms with Crippen LogP contribution in [0.5, 0.6) is 0 Å². The van der Waals surface area contributed by atoms with Crippen LogP contribution in [-0.4, -0.2) is 34.3 Å². The number of nitrogens with one attached hydrogen (secondary N) is 1. The van der Waals surface area contributed by atoms with Gasteiger partial charge in [0, 0.05) is 28.9 Å². The van der Waals surface area contributed by atoms with E-state index in [9.17, 15) is 9.59 Å². The van der Waals surface area contributed by atoms with Crippen LogP contribution in [-0.2, 0) is 4.79 Å². The Morgan fingerprint density at radius 3 is 2.52 bits per heavy atom. The molecule has 0 saturated carbocycles. The highest BCUT2D eigenvalue weighted by atomic mass is 35.5. The second-order valence-electron chi connectivity index (χ2n) is 7.34. The predicted octanol–water partition coefficient (Wildman–Crippen LogP) is 4.46. The molecule has 2 aliphatic heterocycles. The van der Waals surface area contributed by atoms with Crippen LogP contribution in [0.2, 0.25) is 5.02 Å². The van der Waals surface area contributed by atoms with E-state index in [1.807, 2.05) is 41.3 Å². The van der Waals surface area contributed by atoms with Crippen LogP contribution in [0.4, 0.5) is 0 Å². The fourth-order valence-corrected chi connectivity index (χ4v) is 3.69. The van der Waals surface area contributed by atoms with Crippen molar-refractivity contribution >= 4 is 35.1 Å². The third-order valence-corrected chi connectivity index (χ3v) is 5.53. The zero-order valence-electron chi connectivity index (χ0n) is 17.2. The SMILES string of the molecule is O=C(NC1=CC=NC2=CC(c3ccc(Cl)cc3)=CCN21)C(=O)c1ccc(-c2cnco2)cc1. The molecule has 2 aliphatic rings. The average Bonchev–Trinajstić information content (AvgIpc) is 3.39. The predicted molar refractivity (Wildman–Crippen MR) is 125 cm³/mol. The van der Waals surface area contributed by atoms with Gasteiger partial charge >= 0.3 is 0 Å². The van der Waals surface area contributed by atoms with Gasteiger partial charge in [-0.25, -0.2) is 9.98 Å². The van der Waals surface area contributed by atoms with E-state index in [1.165, 1.54) is 6.39 Å². The van der Waals surface area contributed by atoms with E-state index < -0.39 is 11.7 Å². The number of aliphatic imine (C=N–C) groups is 1. The van der Waals surface area contributed by atoms with Gasteiger partial charge in [-0.1, -0.05) is 54.1 Å². The summed E-state index contributed by atoms with van der Waals surface area (Å²) in [5.74, 6) is 0.377. The monoisotopic (exact) mass is 456 g/mol. The van der Waals surface area contributed by atoms with Gasteiger partial charge in [0.15, 0.2) is 12.2 Å². The van der Waals surface area contributed by atoms with Gasteiger partial charge in [0.1, 0.15) is 11.6 Å². The molecule has 0 saturated heterocycles. The zero-order chi connectivity index (χ0) is 22.8. The normalized spacial score (nSPS) is 14.7. The number of benzene rings is 2. The van der Waals surface area contributed by atoms with Crippen molar-refractivity contribution in [2.24, 2.45) is 4.99 Å². The van der Waals surface area contributed by atoms with Gasteiger partial charge in [-0.05, 0) is 35.4 Å². The number of Topliss-reactive ketones (excluding diaryl/α,β-unsaturated/α-hetero) is 1. The third-order valence-electron chi connectivity index (χ3n) is 5.27. The minimum absolute atomic E-state index is 0.278. The summed E-state index contributed by atoms with van der Waals surface area (Å²) in [6.45, 7) is 0.493. The molecule has 0 spiro atoms. The maximum Gasteiger partial charge on any atom is 0.297 e. The summed E-state index contributed by atoms with van der Waals surface area (Å²) in [7, 11) is 0. The molecule has 0 fully saturated rings. The largest absolute Gasteiger partial charge is 0.444 e. The lowest BCUT2D eigenvalue weighted by molar-refractivity contribution is -0.116. The number of fused-ring (bicyclic) bond motifs is 1. The summed E-state index contributed by atoms with van der Waals surface area (Å²) in [5.41, 5.74) is 3.07. The van der Waals surface area contributed by atoms with Crippen molar-refractivity contribution in [3.8, 4) is 11.3 Å². The molecular weight excluding hydrogens is 440 g/mol. The van der Waals surface area contributed by atoms with E-state index in [0.29, 0.717) is 29.0 Å². The van der Waals surface area contributed by atoms with E-state index in [4.69, 9.17) is 16.0 Å². The lowest BCUT2D eigenvalue weighted by Crippen LogP contribution is -2.40. The molecule has 3 aromatic rings. The Labute approximate surface area is 194 Å². The van der Waals surface area contributed by atoms with Crippen molar-refractivity contribution < 1.29 is 14.0 Å². The number of aromatic nitrogens is 1. The minimum Gasteiger partial charge on any atom is -0.444 e. The van der Waals surface area contributed by atoms with Crippen LogP contribution in [0.1, 0.15) is 15.9 Å². The first-order chi connectivity index (χ1) is 16.1. The molecular formula is C25H17ClN4O3. The number of carbonyl (C=O) groups is 2. The summed E-state index contributed by atoms with van der Waals surface area (Å²) in [6, 6.07) is 14.2. The van der Waals surface area contributed by atoms with Gasteiger partial charge in [-0.15, -0.1) is 0 Å². The average molecular weight is 457 g/mol. The molecule has 1 N–H and O–H groups in total. The minimum atomic E-state index is -0.726. The van der Waals surface area contributed by atoms with Crippen molar-refractivity contribution in [2.75, 3.05) is 6.54 Å². The number of nitrogens with zero attached hydrogens (tertiary/aromatic N) is 3. The first-order valence-corrected chi connectivity index (χ1v) is 10.5. The molecule has 162 valence electrons. The van der Waals surface area contributed by atoms with Crippen LogP contribution in [0.15, 0.2) is 100 Å². The van der Waals surface area contributed by atoms with Crippen molar-refractivity contribution in [1.29, 1.82) is 0 Å². The molecule has 3 heterocycles. The number of hydrogen-bond acceptors (Lipinski definition) is 6. The first kappa shape index (κ1) is 20.7. The van der Waals surface area contributed by atoms with Gasteiger partial charge in [-0.3, -0.25) is 9.59 Å². The number of rotatable bonds is 5. The Morgan fingerprint density at radius 2 is 1.79 bits per heavy atom. The molecule has 0 unspecified atom stereocenters. The standard InChI is InChI=1S/C25H17ClN4O3/c26-20-7-5-16(6-8-20)19-10-12-30-22(9-11-28-23(30)13-19)29-25(32)24(31)18-3-1-17(2-4-18)21-14-27-15-33-21/h1-11,13-15H,12H2,(H,29,32).